The molecular weight excluding hydrogens is 162 g/mol. The summed E-state index contributed by atoms with van der Waals surface area (Å²) in [5, 5.41) is 3.59. The van der Waals surface area contributed by atoms with Gasteiger partial charge in [-0.2, -0.15) is 0 Å². The smallest absolute Gasteiger partial charge is 0.0746 e. The van der Waals surface area contributed by atoms with Gasteiger partial charge >= 0.3 is 0 Å². The van der Waals surface area contributed by atoms with Gasteiger partial charge in [-0.25, -0.2) is 0 Å². The summed E-state index contributed by atoms with van der Waals surface area (Å²) >= 11 is 0. The Kier molecular flexibility index (Phi) is 4.20. The maximum absolute atomic E-state index is 5.37. The summed E-state index contributed by atoms with van der Waals surface area (Å²) < 4.78 is 5.37. The zero-order valence-corrected chi connectivity index (χ0v) is 9.23. The van der Waals surface area contributed by atoms with E-state index in [0.717, 1.165) is 12.6 Å². The van der Waals surface area contributed by atoms with E-state index in [1.54, 1.807) is 7.11 Å². The van der Waals surface area contributed by atoms with Crippen LogP contribution in [0.3, 0.4) is 0 Å². The lowest BCUT2D eigenvalue weighted by atomic mass is 9.95. The first-order valence-electron chi connectivity index (χ1n) is 5.42. The maximum Gasteiger partial charge on any atom is 0.0746 e. The Balaban J connectivity index is 2.17. The minimum Gasteiger partial charge on any atom is -0.377 e. The molecule has 0 unspecified atom stereocenters. The topological polar surface area (TPSA) is 21.3 Å². The third-order valence-corrected chi connectivity index (χ3v) is 2.97. The van der Waals surface area contributed by atoms with Crippen molar-refractivity contribution in [2.45, 2.75) is 57.6 Å². The molecule has 0 aliphatic heterocycles. The van der Waals surface area contributed by atoms with E-state index < -0.39 is 0 Å². The van der Waals surface area contributed by atoms with Gasteiger partial charge in [0.1, 0.15) is 0 Å². The number of hydrogen-bond donors (Lipinski definition) is 1. The summed E-state index contributed by atoms with van der Waals surface area (Å²) in [5.74, 6) is 0. The van der Waals surface area contributed by atoms with Gasteiger partial charge in [-0.3, -0.25) is 0 Å². The van der Waals surface area contributed by atoms with Gasteiger partial charge in [-0.15, -0.1) is 0 Å². The molecule has 1 N–H and O–H groups in total. The van der Waals surface area contributed by atoms with E-state index in [2.05, 4.69) is 19.2 Å². The number of nitrogens with one attached hydrogen (secondary N) is 1. The van der Waals surface area contributed by atoms with Crippen molar-refractivity contribution in [2.75, 3.05) is 13.7 Å². The summed E-state index contributed by atoms with van der Waals surface area (Å²) in [6, 6.07) is 0.739. The van der Waals surface area contributed by atoms with Crippen molar-refractivity contribution in [1.29, 1.82) is 0 Å². The molecule has 0 radical (unpaired) electrons. The molecule has 0 saturated heterocycles. The monoisotopic (exact) mass is 185 g/mol. The van der Waals surface area contributed by atoms with Crippen LogP contribution >= 0.6 is 0 Å². The quantitative estimate of drug-likeness (QED) is 0.726. The Hall–Kier alpha value is -0.0800. The minimum absolute atomic E-state index is 0.0164. The Bertz CT molecular complexity index is 139. The van der Waals surface area contributed by atoms with Crippen molar-refractivity contribution in [3.8, 4) is 0 Å². The molecule has 0 atom stereocenters. The summed E-state index contributed by atoms with van der Waals surface area (Å²) in [7, 11) is 1.78. The fourth-order valence-electron chi connectivity index (χ4n) is 1.77. The van der Waals surface area contributed by atoms with E-state index in [1.807, 2.05) is 0 Å². The van der Waals surface area contributed by atoms with Crippen LogP contribution in [0.25, 0.3) is 0 Å². The van der Waals surface area contributed by atoms with Crippen molar-refractivity contribution in [3.63, 3.8) is 0 Å². The molecule has 0 aromatic heterocycles. The maximum atomic E-state index is 5.37. The van der Waals surface area contributed by atoms with Crippen molar-refractivity contribution in [1.82, 2.24) is 5.32 Å². The first kappa shape index (κ1) is 11.0. The first-order chi connectivity index (χ1) is 6.14. The molecule has 0 spiro atoms. The van der Waals surface area contributed by atoms with Crippen LogP contribution in [-0.4, -0.2) is 25.3 Å². The lowest BCUT2D eigenvalue weighted by molar-refractivity contribution is 0.0200. The van der Waals surface area contributed by atoms with E-state index in [9.17, 15) is 0 Å². The summed E-state index contributed by atoms with van der Waals surface area (Å²) in [6.45, 7) is 5.22. The molecule has 0 heterocycles. The van der Waals surface area contributed by atoms with Crippen LogP contribution in [-0.2, 0) is 4.74 Å². The number of rotatable bonds is 4. The van der Waals surface area contributed by atoms with Gasteiger partial charge in [0.25, 0.3) is 0 Å². The van der Waals surface area contributed by atoms with Gasteiger partial charge in [0.15, 0.2) is 0 Å². The fraction of sp³-hybridized carbons (Fsp3) is 1.00. The van der Waals surface area contributed by atoms with Gasteiger partial charge < -0.3 is 10.1 Å². The second kappa shape index (κ2) is 4.97. The van der Waals surface area contributed by atoms with Gasteiger partial charge in [-0.1, -0.05) is 19.3 Å². The fourth-order valence-corrected chi connectivity index (χ4v) is 1.77. The standard InChI is InChI=1S/C11H23NO/c1-11(2,13-3)9-12-10-7-5-4-6-8-10/h10,12H,4-9H2,1-3H3. The highest BCUT2D eigenvalue weighted by Gasteiger charge is 2.19. The highest BCUT2D eigenvalue weighted by atomic mass is 16.5. The lowest BCUT2D eigenvalue weighted by Crippen LogP contribution is -2.42. The molecule has 2 nitrogen and oxygen atoms in total. The van der Waals surface area contributed by atoms with E-state index in [0.29, 0.717) is 0 Å². The third-order valence-electron chi connectivity index (χ3n) is 2.97. The highest BCUT2D eigenvalue weighted by molar-refractivity contribution is 4.77. The van der Waals surface area contributed by atoms with Crippen LogP contribution in [0, 0.1) is 0 Å². The second-order valence-electron chi connectivity index (χ2n) is 4.68. The Morgan fingerprint density at radius 1 is 1.23 bits per heavy atom. The number of hydrogen-bond acceptors (Lipinski definition) is 2. The molecule has 78 valence electrons. The molecule has 0 amide bonds. The van der Waals surface area contributed by atoms with E-state index in [1.165, 1.54) is 32.1 Å². The molecule has 2 heteroatoms. The van der Waals surface area contributed by atoms with E-state index >= 15 is 0 Å². The first-order valence-corrected chi connectivity index (χ1v) is 5.42. The Labute approximate surface area is 82.0 Å². The van der Waals surface area contributed by atoms with Crippen LogP contribution in [0.2, 0.25) is 0 Å². The lowest BCUT2D eigenvalue weighted by Gasteiger charge is -2.29. The van der Waals surface area contributed by atoms with Crippen LogP contribution < -0.4 is 5.32 Å². The Morgan fingerprint density at radius 3 is 2.38 bits per heavy atom. The molecule has 0 aromatic carbocycles. The summed E-state index contributed by atoms with van der Waals surface area (Å²) in [4.78, 5) is 0. The number of ether oxygens (including phenoxy) is 1. The normalized spacial score (nSPS) is 20.5. The van der Waals surface area contributed by atoms with Gasteiger partial charge in [0.2, 0.25) is 0 Å². The molecular formula is C11H23NO. The van der Waals surface area contributed by atoms with Crippen molar-refractivity contribution in [2.24, 2.45) is 0 Å². The number of methoxy groups -OCH3 is 1. The predicted molar refractivity (Wildman–Crippen MR) is 56.0 cm³/mol. The van der Waals surface area contributed by atoms with E-state index in [-0.39, 0.29) is 5.60 Å². The van der Waals surface area contributed by atoms with Crippen molar-refractivity contribution < 1.29 is 4.74 Å². The molecule has 1 rings (SSSR count). The molecule has 13 heavy (non-hydrogen) atoms. The average molecular weight is 185 g/mol. The van der Waals surface area contributed by atoms with Crippen LogP contribution in [0.5, 0.6) is 0 Å². The largest absolute Gasteiger partial charge is 0.377 e. The molecule has 0 bridgehead atoms. The van der Waals surface area contributed by atoms with Crippen molar-refractivity contribution >= 4 is 0 Å². The molecule has 1 saturated carbocycles. The second-order valence-corrected chi connectivity index (χ2v) is 4.68. The SMILES string of the molecule is COC(C)(C)CNC1CCCCC1. The summed E-state index contributed by atoms with van der Waals surface area (Å²) in [5.41, 5.74) is -0.0164. The average Bonchev–Trinajstić information content (AvgIpc) is 2.17. The molecule has 1 aliphatic rings. The van der Waals surface area contributed by atoms with E-state index in [4.69, 9.17) is 4.74 Å². The van der Waals surface area contributed by atoms with Crippen LogP contribution in [0.4, 0.5) is 0 Å². The van der Waals surface area contributed by atoms with Crippen molar-refractivity contribution in [3.05, 3.63) is 0 Å². The van der Waals surface area contributed by atoms with Gasteiger partial charge in [0.05, 0.1) is 5.60 Å². The van der Waals surface area contributed by atoms with Gasteiger partial charge in [0, 0.05) is 19.7 Å². The minimum atomic E-state index is -0.0164. The van der Waals surface area contributed by atoms with Gasteiger partial charge in [-0.05, 0) is 26.7 Å². The third kappa shape index (κ3) is 4.10. The molecule has 0 aromatic rings. The molecule has 1 aliphatic carbocycles. The zero-order valence-electron chi connectivity index (χ0n) is 9.23. The highest BCUT2D eigenvalue weighted by Crippen LogP contribution is 2.18. The van der Waals surface area contributed by atoms with Crippen LogP contribution in [0.15, 0.2) is 0 Å². The summed E-state index contributed by atoms with van der Waals surface area (Å²) in [6.07, 6.45) is 6.90. The Morgan fingerprint density at radius 2 is 1.85 bits per heavy atom. The van der Waals surface area contributed by atoms with Crippen LogP contribution in [0.1, 0.15) is 46.0 Å². The molecule has 1 fully saturated rings. The predicted octanol–water partition coefficient (Wildman–Crippen LogP) is 2.33. The zero-order chi connectivity index (χ0) is 9.73.